The van der Waals surface area contributed by atoms with Crippen LogP contribution in [0, 0.1) is 0 Å². The van der Waals surface area contributed by atoms with Gasteiger partial charge in [0.15, 0.2) is 11.0 Å². The molecule has 2 aromatic carbocycles. The summed E-state index contributed by atoms with van der Waals surface area (Å²) in [5, 5.41) is 9.59. The van der Waals surface area contributed by atoms with E-state index in [2.05, 4.69) is 20.2 Å². The van der Waals surface area contributed by atoms with Crippen LogP contribution in [0.1, 0.15) is 24.6 Å². The number of hydrogen-bond acceptors (Lipinski definition) is 5. The van der Waals surface area contributed by atoms with E-state index < -0.39 is 0 Å². The van der Waals surface area contributed by atoms with Crippen LogP contribution in [0.4, 0.5) is 0 Å². The van der Waals surface area contributed by atoms with Crippen LogP contribution in [0.25, 0.3) is 17.1 Å². The number of likely N-dealkylation sites (tertiary alicyclic amines) is 1. The maximum absolute atomic E-state index is 12.9. The molecule has 0 saturated carbocycles. The molecule has 1 aliphatic rings. The Labute approximate surface area is 190 Å². The first-order valence-electron chi connectivity index (χ1n) is 10.8. The number of para-hydroxylation sites is 1. The van der Waals surface area contributed by atoms with Crippen molar-refractivity contribution in [2.45, 2.75) is 23.9 Å². The predicted octanol–water partition coefficient (Wildman–Crippen LogP) is 4.16. The molecule has 7 nitrogen and oxygen atoms in total. The van der Waals surface area contributed by atoms with Gasteiger partial charge in [0.1, 0.15) is 5.82 Å². The van der Waals surface area contributed by atoms with E-state index in [4.69, 9.17) is 0 Å². The zero-order valence-electron chi connectivity index (χ0n) is 17.6. The molecule has 0 atom stereocenters. The van der Waals surface area contributed by atoms with Gasteiger partial charge in [-0.15, -0.1) is 10.2 Å². The van der Waals surface area contributed by atoms with E-state index >= 15 is 0 Å². The van der Waals surface area contributed by atoms with E-state index in [0.29, 0.717) is 16.8 Å². The van der Waals surface area contributed by atoms with E-state index in [-0.39, 0.29) is 5.91 Å². The molecule has 162 valence electrons. The second-order valence-electron chi connectivity index (χ2n) is 7.76. The van der Waals surface area contributed by atoms with E-state index in [1.165, 1.54) is 11.8 Å². The number of carbonyl (C=O) groups is 1. The zero-order chi connectivity index (χ0) is 21.8. The summed E-state index contributed by atoms with van der Waals surface area (Å²) in [6, 6.07) is 20.0. The Bertz CT molecular complexity index is 1150. The van der Waals surface area contributed by atoms with Crippen molar-refractivity contribution in [2.24, 2.45) is 0 Å². The summed E-state index contributed by atoms with van der Waals surface area (Å²) in [6.45, 7) is 1.51. The molecule has 8 heteroatoms. The Morgan fingerprint density at radius 3 is 2.41 bits per heavy atom. The lowest BCUT2D eigenvalue weighted by atomic mass is 9.96. The highest BCUT2D eigenvalue weighted by molar-refractivity contribution is 7.99. The summed E-state index contributed by atoms with van der Waals surface area (Å²) in [5.41, 5.74) is 1.97. The van der Waals surface area contributed by atoms with Gasteiger partial charge in [-0.1, -0.05) is 60.3 Å². The van der Waals surface area contributed by atoms with Gasteiger partial charge in [0.05, 0.1) is 5.75 Å². The number of aromatic amines is 1. The minimum atomic E-state index is 0.136. The molecule has 0 bridgehead atoms. The molecule has 32 heavy (non-hydrogen) atoms. The van der Waals surface area contributed by atoms with Crippen LogP contribution in [0.2, 0.25) is 0 Å². The normalized spacial score (nSPS) is 14.6. The molecule has 5 rings (SSSR count). The number of H-pyrrole nitrogens is 1. The van der Waals surface area contributed by atoms with E-state index in [0.717, 1.165) is 48.8 Å². The SMILES string of the molecule is O=C(CSc1nnc(-c2ccccc2)n1-c1ccccc1)N1CCC(c2ncc[nH]2)CC1. The number of benzene rings is 2. The van der Waals surface area contributed by atoms with Gasteiger partial charge >= 0.3 is 0 Å². The molecule has 0 radical (unpaired) electrons. The topological polar surface area (TPSA) is 79.7 Å². The molecule has 0 spiro atoms. The fourth-order valence-electron chi connectivity index (χ4n) is 4.07. The fourth-order valence-corrected chi connectivity index (χ4v) is 4.92. The van der Waals surface area contributed by atoms with E-state index in [9.17, 15) is 4.79 Å². The number of piperidine rings is 1. The number of carbonyl (C=O) groups excluding carboxylic acids is 1. The predicted molar refractivity (Wildman–Crippen MR) is 125 cm³/mol. The number of thioether (sulfide) groups is 1. The van der Waals surface area contributed by atoms with Crippen molar-refractivity contribution in [2.75, 3.05) is 18.8 Å². The third kappa shape index (κ3) is 4.31. The van der Waals surface area contributed by atoms with Crippen LogP contribution < -0.4 is 0 Å². The average Bonchev–Trinajstić information content (AvgIpc) is 3.54. The van der Waals surface area contributed by atoms with Crippen LogP contribution in [-0.4, -0.2) is 54.4 Å². The Balaban J connectivity index is 1.29. The monoisotopic (exact) mass is 444 g/mol. The van der Waals surface area contributed by atoms with Crippen LogP contribution in [0.15, 0.2) is 78.2 Å². The van der Waals surface area contributed by atoms with Gasteiger partial charge in [-0.25, -0.2) is 4.98 Å². The molecule has 1 amide bonds. The highest BCUT2D eigenvalue weighted by Crippen LogP contribution is 2.29. The Morgan fingerprint density at radius 2 is 1.72 bits per heavy atom. The number of rotatable bonds is 6. The molecule has 0 aliphatic carbocycles. The number of imidazole rings is 1. The zero-order valence-corrected chi connectivity index (χ0v) is 18.4. The summed E-state index contributed by atoms with van der Waals surface area (Å²) >= 11 is 1.44. The molecule has 2 aromatic heterocycles. The van der Waals surface area contributed by atoms with Gasteiger partial charge < -0.3 is 9.88 Å². The summed E-state index contributed by atoms with van der Waals surface area (Å²) in [4.78, 5) is 22.4. The summed E-state index contributed by atoms with van der Waals surface area (Å²) in [7, 11) is 0. The number of hydrogen-bond donors (Lipinski definition) is 1. The van der Waals surface area contributed by atoms with Gasteiger partial charge in [-0.05, 0) is 25.0 Å². The van der Waals surface area contributed by atoms with Gasteiger partial charge in [-0.3, -0.25) is 9.36 Å². The minimum Gasteiger partial charge on any atom is -0.348 e. The van der Waals surface area contributed by atoms with Crippen molar-refractivity contribution in [3.63, 3.8) is 0 Å². The molecular weight excluding hydrogens is 420 g/mol. The third-order valence-corrected chi connectivity index (χ3v) is 6.67. The summed E-state index contributed by atoms with van der Waals surface area (Å²) in [6.07, 6.45) is 5.51. The average molecular weight is 445 g/mol. The standard InChI is InChI=1S/C24H24N6OS/c31-21(29-15-11-18(12-16-29)22-25-13-14-26-22)17-32-24-28-27-23(19-7-3-1-4-8-19)30(24)20-9-5-2-6-10-20/h1-10,13-14,18H,11-12,15-17H2,(H,25,26). The van der Waals surface area contributed by atoms with Crippen LogP contribution in [0.3, 0.4) is 0 Å². The number of nitrogens with one attached hydrogen (secondary N) is 1. The molecule has 0 unspecified atom stereocenters. The maximum Gasteiger partial charge on any atom is 0.233 e. The maximum atomic E-state index is 12.9. The highest BCUT2D eigenvalue weighted by Gasteiger charge is 2.26. The molecule has 3 heterocycles. The quantitative estimate of drug-likeness (QED) is 0.452. The Kier molecular flexibility index (Phi) is 6.02. The van der Waals surface area contributed by atoms with Gasteiger partial charge in [0.25, 0.3) is 0 Å². The number of amides is 1. The van der Waals surface area contributed by atoms with E-state index in [1.807, 2.05) is 76.3 Å². The molecule has 4 aromatic rings. The Hall–Kier alpha value is -3.39. The first-order chi connectivity index (χ1) is 15.8. The van der Waals surface area contributed by atoms with Crippen molar-refractivity contribution >= 4 is 17.7 Å². The lowest BCUT2D eigenvalue weighted by Crippen LogP contribution is -2.39. The van der Waals surface area contributed by atoms with Crippen LogP contribution >= 0.6 is 11.8 Å². The second-order valence-corrected chi connectivity index (χ2v) is 8.70. The van der Waals surface area contributed by atoms with E-state index in [1.54, 1.807) is 6.20 Å². The first-order valence-corrected chi connectivity index (χ1v) is 11.7. The van der Waals surface area contributed by atoms with Crippen molar-refractivity contribution in [1.29, 1.82) is 0 Å². The lowest BCUT2D eigenvalue weighted by Gasteiger charge is -2.31. The molecule has 1 fully saturated rings. The van der Waals surface area contributed by atoms with Crippen molar-refractivity contribution in [3.8, 4) is 17.1 Å². The first kappa shape index (κ1) is 20.5. The summed E-state index contributed by atoms with van der Waals surface area (Å²) < 4.78 is 2.02. The van der Waals surface area contributed by atoms with Gasteiger partial charge in [-0.2, -0.15) is 0 Å². The molecule has 1 aliphatic heterocycles. The van der Waals surface area contributed by atoms with Gasteiger partial charge in [0.2, 0.25) is 5.91 Å². The van der Waals surface area contributed by atoms with Crippen molar-refractivity contribution in [1.82, 2.24) is 29.6 Å². The lowest BCUT2D eigenvalue weighted by molar-refractivity contribution is -0.129. The highest BCUT2D eigenvalue weighted by atomic mass is 32.2. The van der Waals surface area contributed by atoms with Crippen LogP contribution in [0.5, 0.6) is 0 Å². The van der Waals surface area contributed by atoms with Crippen molar-refractivity contribution in [3.05, 3.63) is 78.9 Å². The van der Waals surface area contributed by atoms with Gasteiger partial charge in [0, 0.05) is 42.7 Å². The Morgan fingerprint density at radius 1 is 1.00 bits per heavy atom. The van der Waals surface area contributed by atoms with Crippen molar-refractivity contribution < 1.29 is 4.79 Å². The molecular formula is C24H24N6OS. The summed E-state index contributed by atoms with van der Waals surface area (Å²) in [5.74, 6) is 2.67. The second kappa shape index (κ2) is 9.40. The molecule has 1 saturated heterocycles. The number of nitrogens with zero attached hydrogens (tertiary/aromatic N) is 5. The van der Waals surface area contributed by atoms with Crippen LogP contribution in [-0.2, 0) is 4.79 Å². The third-order valence-electron chi connectivity index (χ3n) is 5.76. The smallest absolute Gasteiger partial charge is 0.233 e. The largest absolute Gasteiger partial charge is 0.348 e. The number of aromatic nitrogens is 5. The minimum absolute atomic E-state index is 0.136. The fraction of sp³-hybridized carbons (Fsp3) is 0.250. The molecule has 1 N–H and O–H groups in total.